The minimum atomic E-state index is -1.50. The molecule has 0 saturated carbocycles. The van der Waals surface area contributed by atoms with Crippen molar-refractivity contribution in [3.63, 3.8) is 0 Å². The lowest BCUT2D eigenvalue weighted by Crippen LogP contribution is -2.48. The average molecular weight is 475 g/mol. The summed E-state index contributed by atoms with van der Waals surface area (Å²) < 4.78 is 0. The summed E-state index contributed by atoms with van der Waals surface area (Å²) in [5.74, 6) is -0.675. The van der Waals surface area contributed by atoms with Gasteiger partial charge in [0.05, 0.1) is 17.1 Å². The molecule has 2 amide bonds. The molecule has 9 heteroatoms. The maximum Gasteiger partial charge on any atom is 0.251 e. The molecule has 1 unspecified atom stereocenters. The third kappa shape index (κ3) is 5.86. The van der Waals surface area contributed by atoms with Crippen LogP contribution in [0.1, 0.15) is 50.4 Å². The van der Waals surface area contributed by atoms with Crippen LogP contribution in [0.4, 0.5) is 0 Å². The van der Waals surface area contributed by atoms with Crippen molar-refractivity contribution in [2.45, 2.75) is 44.6 Å². The van der Waals surface area contributed by atoms with Gasteiger partial charge in [0.1, 0.15) is 11.3 Å². The summed E-state index contributed by atoms with van der Waals surface area (Å²) in [7, 11) is 0. The van der Waals surface area contributed by atoms with E-state index in [0.717, 1.165) is 22.7 Å². The summed E-state index contributed by atoms with van der Waals surface area (Å²) in [6.45, 7) is 2.31. The quantitative estimate of drug-likeness (QED) is 0.530. The molecule has 1 aliphatic carbocycles. The van der Waals surface area contributed by atoms with Crippen molar-refractivity contribution < 1.29 is 14.7 Å². The van der Waals surface area contributed by atoms with Gasteiger partial charge in [0.2, 0.25) is 5.91 Å². The van der Waals surface area contributed by atoms with E-state index in [-0.39, 0.29) is 24.2 Å². The summed E-state index contributed by atoms with van der Waals surface area (Å²) >= 11 is 0. The molecule has 3 N–H and O–H groups in total. The van der Waals surface area contributed by atoms with Gasteiger partial charge in [0.15, 0.2) is 0 Å². The highest BCUT2D eigenvalue weighted by molar-refractivity contribution is 6.19. The molecule has 0 fully saturated rings. The smallest absolute Gasteiger partial charge is 0.251 e. The van der Waals surface area contributed by atoms with Crippen LogP contribution in [0.5, 0.6) is 0 Å². The van der Waals surface area contributed by atoms with Crippen molar-refractivity contribution >= 4 is 23.2 Å². The highest BCUT2D eigenvalue weighted by atomic mass is 16.3. The number of nitrogens with zero attached hydrogens (tertiary/aromatic N) is 4. The first kappa shape index (κ1) is 24.4. The Morgan fingerprint density at radius 3 is 2.40 bits per heavy atom. The summed E-state index contributed by atoms with van der Waals surface area (Å²) in [6, 6.07) is 11.3. The van der Waals surface area contributed by atoms with Crippen LogP contribution in [-0.4, -0.2) is 57.0 Å². The lowest BCUT2D eigenvalue weighted by Gasteiger charge is -2.33. The average Bonchev–Trinajstić information content (AvgIpc) is 2.86. The lowest BCUT2D eigenvalue weighted by atomic mass is 9.76. The van der Waals surface area contributed by atoms with E-state index in [0.29, 0.717) is 44.5 Å². The summed E-state index contributed by atoms with van der Waals surface area (Å²) in [5.41, 5.74) is 2.39. The fraction of sp³-hybridized carbons (Fsp3) is 0.385. The fourth-order valence-corrected chi connectivity index (χ4v) is 4.44. The molecule has 9 nitrogen and oxygen atoms in total. The minimum Gasteiger partial charge on any atom is -0.380 e. The van der Waals surface area contributed by atoms with Crippen molar-refractivity contribution in [2.75, 3.05) is 13.1 Å². The van der Waals surface area contributed by atoms with Crippen molar-refractivity contribution in [3.05, 3.63) is 71.8 Å². The van der Waals surface area contributed by atoms with Crippen LogP contribution < -0.4 is 10.6 Å². The van der Waals surface area contributed by atoms with Crippen LogP contribution in [0.3, 0.4) is 0 Å². The van der Waals surface area contributed by atoms with Crippen LogP contribution in [0.15, 0.2) is 70.6 Å². The maximum atomic E-state index is 12.9. The molecular formula is C26H30N6O3. The van der Waals surface area contributed by atoms with Gasteiger partial charge in [0, 0.05) is 38.3 Å². The van der Waals surface area contributed by atoms with E-state index in [1.165, 1.54) is 6.92 Å². The number of carbonyl (C=O) groups excluding carboxylic acids is 2. The van der Waals surface area contributed by atoms with E-state index in [2.05, 4.69) is 30.8 Å². The number of allylic oxidation sites excluding steroid dienone is 2. The zero-order valence-corrected chi connectivity index (χ0v) is 19.8. The topological polar surface area (TPSA) is 129 Å². The molecule has 2 atom stereocenters. The van der Waals surface area contributed by atoms with Crippen LogP contribution in [0, 0.1) is 5.92 Å². The molecule has 0 radical (unpaired) electrons. The highest BCUT2D eigenvalue weighted by Gasteiger charge is 2.40. The van der Waals surface area contributed by atoms with Gasteiger partial charge < -0.3 is 15.7 Å². The van der Waals surface area contributed by atoms with Gasteiger partial charge in [-0.2, -0.15) is 5.10 Å². The monoisotopic (exact) mass is 474 g/mol. The van der Waals surface area contributed by atoms with Crippen molar-refractivity contribution in [2.24, 2.45) is 16.1 Å². The number of aliphatic hydroxyl groups is 1. The first-order chi connectivity index (χ1) is 17.0. The molecule has 2 aromatic heterocycles. The molecule has 0 bridgehead atoms. The number of hydrogen-bond acceptors (Lipinski definition) is 7. The zero-order valence-electron chi connectivity index (χ0n) is 19.8. The molecule has 0 saturated heterocycles. The molecule has 0 spiro atoms. The largest absolute Gasteiger partial charge is 0.380 e. The summed E-state index contributed by atoms with van der Waals surface area (Å²) in [5, 5.41) is 25.9. The molecule has 3 heterocycles. The number of rotatable bonds is 7. The predicted octanol–water partition coefficient (Wildman–Crippen LogP) is 2.17. The van der Waals surface area contributed by atoms with Gasteiger partial charge in [0.25, 0.3) is 5.91 Å². The predicted molar refractivity (Wildman–Crippen MR) is 133 cm³/mol. The highest BCUT2D eigenvalue weighted by Crippen LogP contribution is 2.35. The first-order valence-electron chi connectivity index (χ1n) is 11.9. The van der Waals surface area contributed by atoms with E-state index in [4.69, 9.17) is 0 Å². The van der Waals surface area contributed by atoms with Gasteiger partial charge in [-0.15, -0.1) is 5.10 Å². The summed E-state index contributed by atoms with van der Waals surface area (Å²) in [4.78, 5) is 32.9. The number of hydrogen-bond donors (Lipinski definition) is 3. The Kier molecular flexibility index (Phi) is 7.77. The molecule has 4 rings (SSSR count). The van der Waals surface area contributed by atoms with Crippen LogP contribution >= 0.6 is 0 Å². The minimum absolute atomic E-state index is 0.107. The Bertz CT molecular complexity index is 1150. The van der Waals surface area contributed by atoms with Crippen molar-refractivity contribution in [1.29, 1.82) is 0 Å². The van der Waals surface area contributed by atoms with Gasteiger partial charge in [-0.1, -0.05) is 18.2 Å². The maximum absolute atomic E-state index is 12.9. The van der Waals surface area contributed by atoms with E-state index < -0.39 is 5.60 Å². The van der Waals surface area contributed by atoms with Crippen LogP contribution in [0.2, 0.25) is 0 Å². The SMILES string of the molecule is CC(=O)NCCCNC(=O)[C@]1(O)CC/C=C2/C(c3ccccn3)=NN=C(c3ccccn3)C2CC1. The van der Waals surface area contributed by atoms with Gasteiger partial charge >= 0.3 is 0 Å². The molecule has 35 heavy (non-hydrogen) atoms. The van der Waals surface area contributed by atoms with Crippen molar-refractivity contribution in [3.8, 4) is 0 Å². The van der Waals surface area contributed by atoms with E-state index in [1.807, 2.05) is 42.5 Å². The van der Waals surface area contributed by atoms with Gasteiger partial charge in [-0.05, 0) is 61.9 Å². The third-order valence-corrected chi connectivity index (χ3v) is 6.28. The van der Waals surface area contributed by atoms with Gasteiger partial charge in [-0.25, -0.2) is 0 Å². The lowest BCUT2D eigenvalue weighted by molar-refractivity contribution is -0.141. The van der Waals surface area contributed by atoms with Crippen molar-refractivity contribution in [1.82, 2.24) is 20.6 Å². The van der Waals surface area contributed by atoms with Crippen LogP contribution in [0.25, 0.3) is 0 Å². The van der Waals surface area contributed by atoms with Gasteiger partial charge in [-0.3, -0.25) is 19.6 Å². The number of carbonyl (C=O) groups is 2. The van der Waals surface area contributed by atoms with Crippen LogP contribution in [-0.2, 0) is 9.59 Å². The Labute approximate surface area is 204 Å². The zero-order chi connectivity index (χ0) is 24.7. The molecule has 1 aliphatic heterocycles. The molecule has 182 valence electrons. The molecule has 2 aliphatic rings. The van der Waals surface area contributed by atoms with E-state index in [1.54, 1.807) is 12.4 Å². The second-order valence-corrected chi connectivity index (χ2v) is 8.78. The number of aromatic nitrogens is 2. The van der Waals surface area contributed by atoms with E-state index in [9.17, 15) is 14.7 Å². The molecular weight excluding hydrogens is 444 g/mol. The number of fused-ring (bicyclic) bond motifs is 1. The fourth-order valence-electron chi connectivity index (χ4n) is 4.44. The second kappa shape index (κ2) is 11.1. The molecule has 2 aromatic rings. The number of amides is 2. The third-order valence-electron chi connectivity index (χ3n) is 6.28. The number of nitrogens with one attached hydrogen (secondary N) is 2. The Balaban J connectivity index is 1.56. The summed E-state index contributed by atoms with van der Waals surface area (Å²) in [6.07, 6.45) is 7.65. The standard InChI is InChI=1S/C26H30N6O3/c1-18(33)27-16-7-17-30-25(34)26(35)12-6-8-19-20(11-13-26)24(22-10-3-5-15-29-22)32-31-23(19)21-9-2-4-14-28-21/h2-5,8-10,14-15,20,35H,6-7,11-13,16-17H2,1H3,(H,27,33)(H,30,34)/b19-8+/t20?,26-/m0/s1. The normalized spacial score (nSPS) is 23.4. The van der Waals surface area contributed by atoms with E-state index >= 15 is 0 Å². The second-order valence-electron chi connectivity index (χ2n) is 8.78. The Morgan fingerprint density at radius 1 is 1.00 bits per heavy atom. The Hall–Kier alpha value is -3.72. The Morgan fingerprint density at radius 2 is 1.71 bits per heavy atom. The number of pyridine rings is 2. The first-order valence-corrected chi connectivity index (χ1v) is 11.9. The molecule has 0 aromatic carbocycles.